The third-order valence-corrected chi connectivity index (χ3v) is 3.77. The fraction of sp³-hybridized carbons (Fsp3) is 0.364. The number of hydrogen-bond donors (Lipinski definition) is 1. The highest BCUT2D eigenvalue weighted by Crippen LogP contribution is 2.31. The molecule has 6 heteroatoms. The lowest BCUT2D eigenvalue weighted by Gasteiger charge is -2.20. The smallest absolute Gasteiger partial charge is 0.194 e. The molecule has 0 saturated carbocycles. The Bertz CT molecular complexity index is 564. The molecule has 0 aromatic carbocycles. The van der Waals surface area contributed by atoms with E-state index in [4.69, 9.17) is 16.0 Å². The van der Waals surface area contributed by atoms with Crippen molar-refractivity contribution in [3.8, 4) is 11.6 Å². The first-order valence-corrected chi connectivity index (χ1v) is 6.51. The van der Waals surface area contributed by atoms with Crippen LogP contribution in [0.2, 0.25) is 5.22 Å². The zero-order valence-corrected chi connectivity index (χ0v) is 11.2. The van der Waals surface area contributed by atoms with Crippen LogP contribution in [0.3, 0.4) is 0 Å². The highest BCUT2D eigenvalue weighted by atomic mass is 79.9. The van der Waals surface area contributed by atoms with Crippen LogP contribution in [0.15, 0.2) is 21.2 Å². The predicted octanol–water partition coefficient (Wildman–Crippen LogP) is 2.87. The van der Waals surface area contributed by atoms with Crippen LogP contribution in [0.4, 0.5) is 0 Å². The Balaban J connectivity index is 2.10. The Kier molecular flexibility index (Phi) is 2.77. The van der Waals surface area contributed by atoms with Crippen molar-refractivity contribution in [2.45, 2.75) is 25.5 Å². The Hall–Kier alpha value is -0.780. The molecule has 2 aromatic heterocycles. The first-order chi connectivity index (χ1) is 8.15. The fourth-order valence-electron chi connectivity index (χ4n) is 2.12. The second-order valence-electron chi connectivity index (χ2n) is 4.07. The van der Waals surface area contributed by atoms with E-state index in [0.717, 1.165) is 29.1 Å². The summed E-state index contributed by atoms with van der Waals surface area (Å²) in [4.78, 5) is 4.43. The van der Waals surface area contributed by atoms with Gasteiger partial charge in [0.05, 0.1) is 11.8 Å². The molecular weight excluding hydrogens is 307 g/mol. The summed E-state index contributed by atoms with van der Waals surface area (Å²) in [5.74, 6) is 1.41. The number of rotatable bonds is 1. The van der Waals surface area contributed by atoms with E-state index >= 15 is 0 Å². The zero-order chi connectivity index (χ0) is 12.0. The molecule has 3 rings (SSSR count). The molecule has 4 nitrogen and oxygen atoms in total. The van der Waals surface area contributed by atoms with Crippen LogP contribution in [0.25, 0.3) is 11.6 Å². The largest absolute Gasteiger partial charge is 0.441 e. The molecule has 1 aliphatic heterocycles. The second-order valence-corrected chi connectivity index (χ2v) is 5.20. The molecule has 0 bridgehead atoms. The van der Waals surface area contributed by atoms with Gasteiger partial charge < -0.3 is 14.1 Å². The highest BCUT2D eigenvalue weighted by molar-refractivity contribution is 9.10. The van der Waals surface area contributed by atoms with E-state index in [1.54, 1.807) is 12.1 Å². The van der Waals surface area contributed by atoms with Crippen molar-refractivity contribution in [2.75, 3.05) is 0 Å². The molecule has 0 radical (unpaired) electrons. The summed E-state index contributed by atoms with van der Waals surface area (Å²) < 4.78 is 8.20. The van der Waals surface area contributed by atoms with Crippen LogP contribution < -0.4 is 0 Å². The lowest BCUT2D eigenvalue weighted by molar-refractivity contribution is 0.143. The van der Waals surface area contributed by atoms with Gasteiger partial charge in [-0.15, -0.1) is 0 Å². The SMILES string of the molecule is OC1CCn2c(-c3ccc(Cl)o3)nc(Br)c2C1. The summed E-state index contributed by atoms with van der Waals surface area (Å²) >= 11 is 9.18. The van der Waals surface area contributed by atoms with Crippen LogP contribution in [-0.4, -0.2) is 20.8 Å². The number of imidazole rings is 1. The van der Waals surface area contributed by atoms with Gasteiger partial charge in [0, 0.05) is 13.0 Å². The molecule has 1 atom stereocenters. The van der Waals surface area contributed by atoms with Gasteiger partial charge in [0.15, 0.2) is 16.8 Å². The van der Waals surface area contributed by atoms with Crippen LogP contribution in [0, 0.1) is 0 Å². The molecule has 0 saturated heterocycles. The summed E-state index contributed by atoms with van der Waals surface area (Å²) in [6, 6.07) is 3.50. The average molecular weight is 318 g/mol. The van der Waals surface area contributed by atoms with Gasteiger partial charge in [-0.05, 0) is 46.1 Å². The van der Waals surface area contributed by atoms with E-state index in [0.29, 0.717) is 17.4 Å². The van der Waals surface area contributed by atoms with Gasteiger partial charge >= 0.3 is 0 Å². The number of aliphatic hydroxyl groups excluding tert-OH is 1. The standard InChI is InChI=1S/C11H10BrClN2O2/c12-10-7-5-6(16)3-4-15(7)11(14-10)8-1-2-9(13)17-8/h1-2,6,16H,3-5H2. The van der Waals surface area contributed by atoms with Crippen molar-refractivity contribution in [2.24, 2.45) is 0 Å². The first-order valence-electron chi connectivity index (χ1n) is 5.34. The summed E-state index contributed by atoms with van der Waals surface area (Å²) in [6.07, 6.45) is 1.06. The Morgan fingerprint density at radius 1 is 1.53 bits per heavy atom. The minimum absolute atomic E-state index is 0.288. The molecule has 1 unspecified atom stereocenters. The van der Waals surface area contributed by atoms with Gasteiger partial charge in [0.1, 0.15) is 4.60 Å². The zero-order valence-electron chi connectivity index (χ0n) is 8.86. The van der Waals surface area contributed by atoms with Crippen molar-refractivity contribution in [3.05, 3.63) is 27.6 Å². The molecule has 0 amide bonds. The van der Waals surface area contributed by atoms with E-state index in [9.17, 15) is 5.11 Å². The van der Waals surface area contributed by atoms with Crippen LogP contribution in [0.5, 0.6) is 0 Å². The van der Waals surface area contributed by atoms with Gasteiger partial charge in [0.25, 0.3) is 0 Å². The van der Waals surface area contributed by atoms with Crippen molar-refractivity contribution in [3.63, 3.8) is 0 Å². The highest BCUT2D eigenvalue weighted by Gasteiger charge is 2.25. The lowest BCUT2D eigenvalue weighted by Crippen LogP contribution is -2.23. The third kappa shape index (κ3) is 1.92. The summed E-state index contributed by atoms with van der Waals surface area (Å²) in [7, 11) is 0. The summed E-state index contributed by atoms with van der Waals surface area (Å²) in [6.45, 7) is 0.739. The molecule has 90 valence electrons. The molecule has 0 spiro atoms. The number of halogens is 2. The van der Waals surface area contributed by atoms with Gasteiger partial charge in [0.2, 0.25) is 0 Å². The summed E-state index contributed by atoms with van der Waals surface area (Å²) in [5.41, 5.74) is 1.01. The van der Waals surface area contributed by atoms with Gasteiger partial charge in [-0.3, -0.25) is 0 Å². The van der Waals surface area contributed by atoms with Crippen LogP contribution >= 0.6 is 27.5 Å². The third-order valence-electron chi connectivity index (χ3n) is 2.93. The lowest BCUT2D eigenvalue weighted by atomic mass is 10.1. The van der Waals surface area contributed by atoms with Crippen molar-refractivity contribution < 1.29 is 9.52 Å². The van der Waals surface area contributed by atoms with Gasteiger partial charge in [-0.25, -0.2) is 4.98 Å². The molecule has 1 N–H and O–H groups in total. The maximum atomic E-state index is 9.66. The maximum Gasteiger partial charge on any atom is 0.194 e. The minimum atomic E-state index is -0.288. The van der Waals surface area contributed by atoms with E-state index in [1.165, 1.54) is 0 Å². The molecule has 2 aromatic rings. The van der Waals surface area contributed by atoms with Crippen LogP contribution in [0.1, 0.15) is 12.1 Å². The summed E-state index contributed by atoms with van der Waals surface area (Å²) in [5, 5.41) is 10.0. The van der Waals surface area contributed by atoms with E-state index in [2.05, 4.69) is 25.5 Å². The second kappa shape index (κ2) is 4.15. The first kappa shape index (κ1) is 11.3. The Morgan fingerprint density at radius 3 is 3.06 bits per heavy atom. The minimum Gasteiger partial charge on any atom is -0.441 e. The average Bonchev–Trinajstić information content (AvgIpc) is 2.84. The number of furan rings is 1. The molecule has 17 heavy (non-hydrogen) atoms. The topological polar surface area (TPSA) is 51.2 Å². The maximum absolute atomic E-state index is 9.66. The van der Waals surface area contributed by atoms with Crippen molar-refractivity contribution >= 4 is 27.5 Å². The van der Waals surface area contributed by atoms with E-state index < -0.39 is 0 Å². The monoisotopic (exact) mass is 316 g/mol. The number of aliphatic hydroxyl groups is 1. The van der Waals surface area contributed by atoms with Crippen molar-refractivity contribution in [1.29, 1.82) is 0 Å². The number of fused-ring (bicyclic) bond motifs is 1. The van der Waals surface area contributed by atoms with Crippen LogP contribution in [-0.2, 0) is 13.0 Å². The Labute approximate surface area is 111 Å². The quantitative estimate of drug-likeness (QED) is 0.880. The van der Waals surface area contributed by atoms with Crippen molar-refractivity contribution in [1.82, 2.24) is 9.55 Å². The van der Waals surface area contributed by atoms with E-state index in [1.807, 2.05) is 0 Å². The molecular formula is C11H10BrClN2O2. The molecule has 0 aliphatic carbocycles. The normalized spacial score (nSPS) is 19.4. The van der Waals surface area contributed by atoms with E-state index in [-0.39, 0.29) is 6.10 Å². The molecule has 3 heterocycles. The Morgan fingerprint density at radius 2 is 2.35 bits per heavy atom. The number of aromatic nitrogens is 2. The molecule has 0 fully saturated rings. The molecule has 1 aliphatic rings. The predicted molar refractivity (Wildman–Crippen MR) is 67.0 cm³/mol. The van der Waals surface area contributed by atoms with Gasteiger partial charge in [-0.2, -0.15) is 0 Å². The number of nitrogens with zero attached hydrogens (tertiary/aromatic N) is 2. The number of hydrogen-bond acceptors (Lipinski definition) is 3. The fourth-order valence-corrected chi connectivity index (χ4v) is 2.81. The van der Waals surface area contributed by atoms with Gasteiger partial charge in [-0.1, -0.05) is 0 Å².